The molecule has 0 radical (unpaired) electrons. The van der Waals surface area contributed by atoms with E-state index in [9.17, 15) is 9.59 Å². The Balaban J connectivity index is 1.61. The van der Waals surface area contributed by atoms with E-state index in [1.807, 2.05) is 24.3 Å². The summed E-state index contributed by atoms with van der Waals surface area (Å²) in [5, 5.41) is 6.78. The van der Waals surface area contributed by atoms with Gasteiger partial charge in [-0.15, -0.1) is 0 Å². The molecule has 1 aromatic rings. The summed E-state index contributed by atoms with van der Waals surface area (Å²) in [6.45, 7) is 1.11. The van der Waals surface area contributed by atoms with E-state index in [0.717, 1.165) is 17.9 Å². The summed E-state index contributed by atoms with van der Waals surface area (Å²) >= 11 is 5.94. The molecule has 1 heterocycles. The maximum Gasteiger partial charge on any atom is 0.324 e. The fourth-order valence-corrected chi connectivity index (χ4v) is 3.08. The Bertz CT molecular complexity index is 539. The zero-order valence-corrected chi connectivity index (χ0v) is 12.4. The van der Waals surface area contributed by atoms with Crippen LogP contribution in [0.25, 0.3) is 0 Å². The summed E-state index contributed by atoms with van der Waals surface area (Å²) in [7, 11) is 0. The van der Waals surface area contributed by atoms with E-state index in [-0.39, 0.29) is 24.0 Å². The molecule has 1 aliphatic heterocycles. The number of carbonyl (C=O) groups excluding carboxylic acids is 2. The minimum atomic E-state index is -0.295. The van der Waals surface area contributed by atoms with E-state index in [1.165, 1.54) is 16.9 Å². The van der Waals surface area contributed by atoms with Crippen LogP contribution in [0, 0.1) is 0 Å². The van der Waals surface area contributed by atoms with Crippen molar-refractivity contribution in [3.63, 3.8) is 0 Å². The van der Waals surface area contributed by atoms with Crippen LogP contribution in [0.15, 0.2) is 24.3 Å². The smallest absolute Gasteiger partial charge is 0.324 e. The van der Waals surface area contributed by atoms with Gasteiger partial charge in [-0.1, -0.05) is 23.7 Å². The maximum atomic E-state index is 11.5. The van der Waals surface area contributed by atoms with Crippen molar-refractivity contribution in [2.24, 2.45) is 0 Å². The number of carbonyl (C=O) groups is 2. The monoisotopic (exact) mass is 307 g/mol. The Labute approximate surface area is 128 Å². The second-order valence-corrected chi connectivity index (χ2v) is 6.01. The zero-order chi connectivity index (χ0) is 14.9. The van der Waals surface area contributed by atoms with Crippen LogP contribution in [0.5, 0.6) is 0 Å². The first-order valence-corrected chi connectivity index (χ1v) is 7.58. The van der Waals surface area contributed by atoms with E-state index < -0.39 is 0 Å². The Morgan fingerprint density at radius 3 is 2.48 bits per heavy atom. The van der Waals surface area contributed by atoms with Crippen LogP contribution in [0.4, 0.5) is 4.79 Å². The fraction of sp³-hybridized carbons (Fsp3) is 0.467. The molecule has 0 unspecified atom stereocenters. The van der Waals surface area contributed by atoms with Crippen LogP contribution >= 0.6 is 11.6 Å². The number of hydrogen-bond acceptors (Lipinski definition) is 3. The van der Waals surface area contributed by atoms with Crippen molar-refractivity contribution in [2.45, 2.75) is 24.8 Å². The van der Waals surface area contributed by atoms with Gasteiger partial charge in [0.2, 0.25) is 5.91 Å². The molecule has 2 N–H and O–H groups in total. The summed E-state index contributed by atoms with van der Waals surface area (Å²) in [5.74, 6) is -0.157. The number of rotatable bonds is 5. The first-order valence-electron chi connectivity index (χ1n) is 7.20. The first-order chi connectivity index (χ1) is 10.1. The normalized spacial score (nSPS) is 20.3. The van der Waals surface area contributed by atoms with Crippen LogP contribution < -0.4 is 10.6 Å². The van der Waals surface area contributed by atoms with Gasteiger partial charge in [-0.05, 0) is 37.0 Å². The van der Waals surface area contributed by atoms with Crippen LogP contribution in [-0.2, 0) is 10.3 Å². The van der Waals surface area contributed by atoms with Gasteiger partial charge in [0.1, 0.15) is 0 Å². The lowest BCUT2D eigenvalue weighted by Gasteiger charge is -2.43. The number of benzene rings is 1. The predicted octanol–water partition coefficient (Wildman–Crippen LogP) is 1.86. The van der Waals surface area contributed by atoms with Gasteiger partial charge in [-0.25, -0.2) is 4.79 Å². The summed E-state index contributed by atoms with van der Waals surface area (Å²) in [6, 6.07) is 7.59. The molecule has 0 aromatic heterocycles. The molecule has 1 aliphatic carbocycles. The highest BCUT2D eigenvalue weighted by molar-refractivity contribution is 6.30. The highest BCUT2D eigenvalue weighted by atomic mass is 35.5. The van der Waals surface area contributed by atoms with Gasteiger partial charge in [0, 0.05) is 23.7 Å². The summed E-state index contributed by atoms with van der Waals surface area (Å²) in [4.78, 5) is 24.3. The largest absolute Gasteiger partial charge is 0.329 e. The highest BCUT2D eigenvalue weighted by Crippen LogP contribution is 2.41. The average molecular weight is 308 g/mol. The van der Waals surface area contributed by atoms with Crippen molar-refractivity contribution in [1.82, 2.24) is 15.5 Å². The molecule has 6 heteroatoms. The minimum absolute atomic E-state index is 0.0379. The molecule has 112 valence electrons. The van der Waals surface area contributed by atoms with Crippen molar-refractivity contribution in [2.75, 3.05) is 19.6 Å². The third-order valence-corrected chi connectivity index (χ3v) is 4.59. The number of imide groups is 1. The first kappa shape index (κ1) is 14.4. The fourth-order valence-electron chi connectivity index (χ4n) is 2.96. The molecule has 21 heavy (non-hydrogen) atoms. The second-order valence-electron chi connectivity index (χ2n) is 5.57. The van der Waals surface area contributed by atoms with Crippen molar-refractivity contribution in [1.29, 1.82) is 0 Å². The van der Waals surface area contributed by atoms with E-state index >= 15 is 0 Å². The Morgan fingerprint density at radius 2 is 1.95 bits per heavy atom. The number of hydrogen-bond donors (Lipinski definition) is 2. The molecule has 5 nitrogen and oxygen atoms in total. The van der Waals surface area contributed by atoms with E-state index in [0.29, 0.717) is 13.1 Å². The van der Waals surface area contributed by atoms with Crippen LogP contribution in [0.1, 0.15) is 24.8 Å². The molecule has 3 rings (SSSR count). The summed E-state index contributed by atoms with van der Waals surface area (Å²) in [6.07, 6.45) is 3.31. The number of urea groups is 1. The zero-order valence-electron chi connectivity index (χ0n) is 11.7. The average Bonchev–Trinajstić information content (AvgIpc) is 2.74. The Hall–Kier alpha value is -1.59. The van der Waals surface area contributed by atoms with Crippen molar-refractivity contribution in [3.05, 3.63) is 34.9 Å². The van der Waals surface area contributed by atoms with Gasteiger partial charge >= 0.3 is 6.03 Å². The molecule has 0 spiro atoms. The molecule has 0 atom stereocenters. The number of amides is 3. The summed E-state index contributed by atoms with van der Waals surface area (Å²) < 4.78 is 0. The topological polar surface area (TPSA) is 61.4 Å². The van der Waals surface area contributed by atoms with Gasteiger partial charge < -0.3 is 10.6 Å². The molecule has 1 saturated heterocycles. The van der Waals surface area contributed by atoms with E-state index in [4.69, 9.17) is 11.6 Å². The van der Waals surface area contributed by atoms with Crippen LogP contribution in [-0.4, -0.2) is 36.5 Å². The molecule has 2 fully saturated rings. The van der Waals surface area contributed by atoms with Gasteiger partial charge in [0.25, 0.3) is 0 Å². The van der Waals surface area contributed by atoms with Crippen molar-refractivity contribution >= 4 is 23.5 Å². The lowest BCUT2D eigenvalue weighted by molar-refractivity contribution is -0.125. The molecule has 0 bridgehead atoms. The van der Waals surface area contributed by atoms with Gasteiger partial charge in [-0.2, -0.15) is 0 Å². The predicted molar refractivity (Wildman–Crippen MR) is 80.1 cm³/mol. The van der Waals surface area contributed by atoms with Gasteiger partial charge in [0.15, 0.2) is 0 Å². The van der Waals surface area contributed by atoms with Crippen LogP contribution in [0.2, 0.25) is 5.02 Å². The van der Waals surface area contributed by atoms with Gasteiger partial charge in [-0.3, -0.25) is 9.69 Å². The SMILES string of the molecule is O=C1CNC(=O)N1CCNC1(c2ccc(Cl)cc2)CCC1. The molecule has 1 aromatic carbocycles. The third-order valence-electron chi connectivity index (χ3n) is 4.34. The Kier molecular flexibility index (Phi) is 3.87. The maximum absolute atomic E-state index is 11.5. The third kappa shape index (κ3) is 2.76. The lowest BCUT2D eigenvalue weighted by Crippen LogP contribution is -2.50. The van der Waals surface area contributed by atoms with Crippen molar-refractivity contribution in [3.8, 4) is 0 Å². The quantitative estimate of drug-likeness (QED) is 0.816. The van der Waals surface area contributed by atoms with Gasteiger partial charge in [0.05, 0.1) is 6.54 Å². The molecular formula is C15H18ClN3O2. The van der Waals surface area contributed by atoms with Crippen molar-refractivity contribution < 1.29 is 9.59 Å². The number of nitrogens with zero attached hydrogens (tertiary/aromatic N) is 1. The summed E-state index contributed by atoms with van der Waals surface area (Å²) in [5.41, 5.74) is 1.18. The number of nitrogens with one attached hydrogen (secondary N) is 2. The highest BCUT2D eigenvalue weighted by Gasteiger charge is 2.38. The lowest BCUT2D eigenvalue weighted by atomic mass is 9.72. The molecule has 3 amide bonds. The molecule has 1 saturated carbocycles. The standard InChI is InChI=1S/C15H18ClN3O2/c16-12-4-2-11(3-5-12)15(6-1-7-15)18-8-9-19-13(20)10-17-14(19)21/h2-5,18H,1,6-10H2,(H,17,21). The van der Waals surface area contributed by atoms with E-state index in [1.54, 1.807) is 0 Å². The Morgan fingerprint density at radius 1 is 1.24 bits per heavy atom. The van der Waals surface area contributed by atoms with E-state index in [2.05, 4.69) is 10.6 Å². The number of halogens is 1. The minimum Gasteiger partial charge on any atom is -0.329 e. The second kappa shape index (κ2) is 5.66. The molecular weight excluding hydrogens is 290 g/mol. The molecule has 2 aliphatic rings. The van der Waals surface area contributed by atoms with Crippen LogP contribution in [0.3, 0.4) is 0 Å².